The van der Waals surface area contributed by atoms with Gasteiger partial charge in [-0.1, -0.05) is 13.0 Å². The molecule has 0 unspecified atom stereocenters. The number of aromatic hydroxyl groups is 1. The quantitative estimate of drug-likeness (QED) is 0.713. The van der Waals surface area contributed by atoms with E-state index >= 15 is 0 Å². The van der Waals surface area contributed by atoms with E-state index in [1.807, 2.05) is 6.92 Å². The number of anilines is 1. The summed E-state index contributed by atoms with van der Waals surface area (Å²) in [6.07, 6.45) is 0.895. The second kappa shape index (κ2) is 5.24. The Balaban J connectivity index is 2.64. The summed E-state index contributed by atoms with van der Waals surface area (Å²) >= 11 is 0. The Hall–Kier alpha value is -1.71. The molecule has 0 bridgehead atoms. The molecule has 0 heterocycles. The zero-order valence-corrected chi connectivity index (χ0v) is 9.00. The SMILES string of the molecule is CCCNC(=O)Nc1cccc(O)c1C. The summed E-state index contributed by atoms with van der Waals surface area (Å²) in [7, 11) is 0. The maximum Gasteiger partial charge on any atom is 0.319 e. The van der Waals surface area contributed by atoms with Gasteiger partial charge in [-0.2, -0.15) is 0 Å². The van der Waals surface area contributed by atoms with Gasteiger partial charge in [0.2, 0.25) is 0 Å². The predicted molar refractivity (Wildman–Crippen MR) is 60.2 cm³/mol. The molecule has 0 saturated heterocycles. The van der Waals surface area contributed by atoms with Crippen molar-refractivity contribution in [1.29, 1.82) is 0 Å². The number of carbonyl (C=O) groups excluding carboxylic acids is 1. The van der Waals surface area contributed by atoms with Crippen molar-refractivity contribution in [3.05, 3.63) is 23.8 Å². The monoisotopic (exact) mass is 208 g/mol. The van der Waals surface area contributed by atoms with Gasteiger partial charge in [-0.05, 0) is 25.5 Å². The van der Waals surface area contributed by atoms with E-state index < -0.39 is 0 Å². The van der Waals surface area contributed by atoms with Gasteiger partial charge < -0.3 is 15.7 Å². The summed E-state index contributed by atoms with van der Waals surface area (Å²) in [5.74, 6) is 0.184. The summed E-state index contributed by atoms with van der Waals surface area (Å²) in [4.78, 5) is 11.3. The molecular weight excluding hydrogens is 192 g/mol. The van der Waals surface area contributed by atoms with Crippen molar-refractivity contribution in [3.63, 3.8) is 0 Å². The summed E-state index contributed by atoms with van der Waals surface area (Å²) in [5.41, 5.74) is 1.30. The topological polar surface area (TPSA) is 61.4 Å². The highest BCUT2D eigenvalue weighted by Crippen LogP contribution is 2.23. The summed E-state index contributed by atoms with van der Waals surface area (Å²) in [6.45, 7) is 4.38. The first-order valence-electron chi connectivity index (χ1n) is 4.98. The highest BCUT2D eigenvalue weighted by molar-refractivity contribution is 5.90. The Bertz CT molecular complexity index is 350. The Morgan fingerprint density at radius 3 is 2.87 bits per heavy atom. The van der Waals surface area contributed by atoms with Crippen LogP contribution in [0.25, 0.3) is 0 Å². The van der Waals surface area contributed by atoms with Crippen LogP contribution in [-0.4, -0.2) is 17.7 Å². The molecule has 0 atom stereocenters. The lowest BCUT2D eigenvalue weighted by molar-refractivity contribution is 0.252. The second-order valence-corrected chi connectivity index (χ2v) is 3.33. The van der Waals surface area contributed by atoms with Crippen molar-refractivity contribution in [2.45, 2.75) is 20.3 Å². The average molecular weight is 208 g/mol. The lowest BCUT2D eigenvalue weighted by Crippen LogP contribution is -2.29. The highest BCUT2D eigenvalue weighted by Gasteiger charge is 2.05. The van der Waals surface area contributed by atoms with Crippen LogP contribution in [0.15, 0.2) is 18.2 Å². The molecule has 0 saturated carbocycles. The molecule has 4 heteroatoms. The zero-order valence-electron chi connectivity index (χ0n) is 9.00. The molecule has 2 amide bonds. The number of benzene rings is 1. The van der Waals surface area contributed by atoms with E-state index in [1.165, 1.54) is 0 Å². The van der Waals surface area contributed by atoms with Crippen LogP contribution < -0.4 is 10.6 Å². The molecule has 0 spiro atoms. The summed E-state index contributed by atoms with van der Waals surface area (Å²) in [5, 5.41) is 14.8. The van der Waals surface area contributed by atoms with Gasteiger partial charge in [-0.3, -0.25) is 0 Å². The van der Waals surface area contributed by atoms with Crippen molar-refractivity contribution >= 4 is 11.7 Å². The van der Waals surface area contributed by atoms with E-state index in [4.69, 9.17) is 0 Å². The van der Waals surface area contributed by atoms with Gasteiger partial charge in [-0.25, -0.2) is 4.79 Å². The van der Waals surface area contributed by atoms with Crippen LogP contribution in [0.5, 0.6) is 5.75 Å². The highest BCUT2D eigenvalue weighted by atomic mass is 16.3. The second-order valence-electron chi connectivity index (χ2n) is 3.33. The molecule has 0 aliphatic carbocycles. The van der Waals surface area contributed by atoms with Gasteiger partial charge in [0.1, 0.15) is 5.75 Å². The molecule has 0 aliphatic rings. The third-order valence-electron chi connectivity index (χ3n) is 2.09. The van der Waals surface area contributed by atoms with Crippen LogP contribution >= 0.6 is 0 Å². The van der Waals surface area contributed by atoms with Crippen LogP contribution in [0, 0.1) is 6.92 Å². The maximum atomic E-state index is 11.3. The molecule has 0 radical (unpaired) electrons. The van der Waals surface area contributed by atoms with E-state index in [0.717, 1.165) is 6.42 Å². The minimum atomic E-state index is -0.245. The molecule has 1 aromatic rings. The van der Waals surface area contributed by atoms with Crippen molar-refractivity contribution in [2.24, 2.45) is 0 Å². The number of phenolic OH excluding ortho intramolecular Hbond substituents is 1. The van der Waals surface area contributed by atoms with E-state index in [9.17, 15) is 9.90 Å². The summed E-state index contributed by atoms with van der Waals surface area (Å²) in [6, 6.07) is 4.79. The molecule has 0 aliphatic heterocycles. The number of hydrogen-bond acceptors (Lipinski definition) is 2. The standard InChI is InChI=1S/C11H16N2O2/c1-3-7-12-11(15)13-9-5-4-6-10(14)8(9)2/h4-6,14H,3,7H2,1-2H3,(H2,12,13,15). The fourth-order valence-corrected chi connectivity index (χ4v) is 1.16. The lowest BCUT2D eigenvalue weighted by atomic mass is 10.2. The van der Waals surface area contributed by atoms with Crippen molar-refractivity contribution in [1.82, 2.24) is 5.32 Å². The third-order valence-corrected chi connectivity index (χ3v) is 2.09. The molecular formula is C11H16N2O2. The van der Waals surface area contributed by atoms with E-state index in [2.05, 4.69) is 10.6 Å². The lowest BCUT2D eigenvalue weighted by Gasteiger charge is -2.09. The molecule has 3 N–H and O–H groups in total. The molecule has 1 rings (SSSR count). The zero-order chi connectivity index (χ0) is 11.3. The van der Waals surface area contributed by atoms with Gasteiger partial charge in [0.25, 0.3) is 0 Å². The summed E-state index contributed by atoms with van der Waals surface area (Å²) < 4.78 is 0. The number of urea groups is 1. The van der Waals surface area contributed by atoms with Gasteiger partial charge in [0, 0.05) is 17.8 Å². The first kappa shape index (κ1) is 11.4. The third kappa shape index (κ3) is 3.16. The van der Waals surface area contributed by atoms with Gasteiger partial charge in [0.05, 0.1) is 0 Å². The van der Waals surface area contributed by atoms with Crippen LogP contribution in [0.2, 0.25) is 0 Å². The van der Waals surface area contributed by atoms with Crippen molar-refractivity contribution < 1.29 is 9.90 Å². The fraction of sp³-hybridized carbons (Fsp3) is 0.364. The normalized spacial score (nSPS) is 9.73. The number of nitrogens with one attached hydrogen (secondary N) is 2. The molecule has 1 aromatic carbocycles. The maximum absolute atomic E-state index is 11.3. The van der Waals surface area contributed by atoms with Gasteiger partial charge in [0.15, 0.2) is 0 Å². The molecule has 0 aromatic heterocycles. The molecule has 0 fully saturated rings. The molecule has 15 heavy (non-hydrogen) atoms. The fourth-order valence-electron chi connectivity index (χ4n) is 1.16. The van der Waals surface area contributed by atoms with Crippen LogP contribution in [0.4, 0.5) is 10.5 Å². The Morgan fingerprint density at radius 1 is 1.47 bits per heavy atom. The van der Waals surface area contributed by atoms with Crippen LogP contribution in [0.1, 0.15) is 18.9 Å². The smallest absolute Gasteiger partial charge is 0.319 e. The first-order chi connectivity index (χ1) is 7.15. The first-order valence-corrected chi connectivity index (χ1v) is 4.98. The van der Waals surface area contributed by atoms with Crippen molar-refractivity contribution in [3.8, 4) is 5.75 Å². The number of rotatable bonds is 3. The predicted octanol–water partition coefficient (Wildman–Crippen LogP) is 2.23. The number of amides is 2. The molecule has 82 valence electrons. The van der Waals surface area contributed by atoms with E-state index in [1.54, 1.807) is 25.1 Å². The molecule has 4 nitrogen and oxygen atoms in total. The number of carbonyl (C=O) groups is 1. The number of hydrogen-bond donors (Lipinski definition) is 3. The average Bonchev–Trinajstić information content (AvgIpc) is 2.22. The van der Waals surface area contributed by atoms with Crippen molar-refractivity contribution in [2.75, 3.05) is 11.9 Å². The number of phenols is 1. The van der Waals surface area contributed by atoms with Gasteiger partial charge >= 0.3 is 6.03 Å². The van der Waals surface area contributed by atoms with E-state index in [0.29, 0.717) is 17.8 Å². The Morgan fingerprint density at radius 2 is 2.20 bits per heavy atom. The Kier molecular flexibility index (Phi) is 3.97. The minimum absolute atomic E-state index is 0.184. The minimum Gasteiger partial charge on any atom is -0.508 e. The Labute approximate surface area is 89.3 Å². The van der Waals surface area contributed by atoms with Crippen LogP contribution in [0.3, 0.4) is 0 Å². The van der Waals surface area contributed by atoms with E-state index in [-0.39, 0.29) is 11.8 Å². The van der Waals surface area contributed by atoms with Crippen LogP contribution in [-0.2, 0) is 0 Å². The van der Waals surface area contributed by atoms with Gasteiger partial charge in [-0.15, -0.1) is 0 Å². The largest absolute Gasteiger partial charge is 0.508 e.